The van der Waals surface area contributed by atoms with E-state index in [1.807, 2.05) is 37.3 Å². The molecule has 1 saturated heterocycles. The maximum Gasteiger partial charge on any atom is 0.347 e. The second-order valence-corrected chi connectivity index (χ2v) is 9.52. The molecule has 4 rings (SSSR count). The number of hydrogen-bond acceptors (Lipinski definition) is 8. The molecule has 3 aromatic rings. The quantitative estimate of drug-likeness (QED) is 0.335. The van der Waals surface area contributed by atoms with E-state index in [0.29, 0.717) is 30.0 Å². The molecule has 8 heteroatoms. The lowest BCUT2D eigenvalue weighted by Crippen LogP contribution is -2.36. The number of aryl methyl sites for hydroxylation is 2. The average Bonchev–Trinajstić information content (AvgIpc) is 2.93. The molecule has 37 heavy (non-hydrogen) atoms. The van der Waals surface area contributed by atoms with Crippen molar-refractivity contribution in [3.8, 4) is 0 Å². The number of carbonyl (C=O) groups excluding carboxylic acids is 2. The van der Waals surface area contributed by atoms with Crippen LogP contribution < -0.4 is 16.0 Å². The van der Waals surface area contributed by atoms with Crippen molar-refractivity contribution in [2.75, 3.05) is 29.9 Å². The van der Waals surface area contributed by atoms with Crippen molar-refractivity contribution in [2.24, 2.45) is 11.7 Å². The van der Waals surface area contributed by atoms with E-state index in [9.17, 15) is 9.59 Å². The summed E-state index contributed by atoms with van der Waals surface area (Å²) < 4.78 is 5.11. The molecule has 1 aliphatic rings. The molecule has 1 aromatic carbocycles. The topological polar surface area (TPSA) is 110 Å². The maximum atomic E-state index is 12.6. The lowest BCUT2D eigenvalue weighted by molar-refractivity contribution is -0.139. The van der Waals surface area contributed by atoms with Gasteiger partial charge in [-0.05, 0) is 80.0 Å². The SMILES string of the molecule is CCc1nccc(C)c1C(=O)OC(=O)[C@@H](N)Cc1ccc(N2CCC(CNc3ccccn3)CC2)cc1. The molecule has 0 unspecified atom stereocenters. The first-order chi connectivity index (χ1) is 17.9. The minimum absolute atomic E-state index is 0.292. The van der Waals surface area contributed by atoms with Gasteiger partial charge in [-0.3, -0.25) is 4.98 Å². The Morgan fingerprint density at radius 1 is 1.08 bits per heavy atom. The zero-order valence-electron chi connectivity index (χ0n) is 21.5. The largest absolute Gasteiger partial charge is 0.388 e. The van der Waals surface area contributed by atoms with Crippen LogP contribution in [-0.4, -0.2) is 47.6 Å². The fourth-order valence-electron chi connectivity index (χ4n) is 4.67. The van der Waals surface area contributed by atoms with Crippen LogP contribution in [0.2, 0.25) is 0 Å². The molecule has 3 heterocycles. The van der Waals surface area contributed by atoms with Gasteiger partial charge in [0.2, 0.25) is 0 Å². The molecule has 8 nitrogen and oxygen atoms in total. The van der Waals surface area contributed by atoms with E-state index >= 15 is 0 Å². The molecule has 1 atom stereocenters. The van der Waals surface area contributed by atoms with Crippen molar-refractivity contribution in [2.45, 2.75) is 45.6 Å². The molecule has 0 amide bonds. The second kappa shape index (κ2) is 12.5. The van der Waals surface area contributed by atoms with E-state index < -0.39 is 18.0 Å². The van der Waals surface area contributed by atoms with Crippen LogP contribution in [0.15, 0.2) is 60.9 Å². The lowest BCUT2D eigenvalue weighted by Gasteiger charge is -2.34. The third kappa shape index (κ3) is 6.92. The number of nitrogens with one attached hydrogen (secondary N) is 1. The third-order valence-corrected chi connectivity index (χ3v) is 6.88. The van der Waals surface area contributed by atoms with Crippen LogP contribution in [0.4, 0.5) is 11.5 Å². The third-order valence-electron chi connectivity index (χ3n) is 6.88. The Morgan fingerprint density at radius 3 is 2.51 bits per heavy atom. The predicted octanol–water partition coefficient (Wildman–Crippen LogP) is 3.93. The monoisotopic (exact) mass is 501 g/mol. The molecule has 1 aliphatic heterocycles. The first kappa shape index (κ1) is 26.3. The smallest absolute Gasteiger partial charge is 0.347 e. The first-order valence-electron chi connectivity index (χ1n) is 12.9. The highest BCUT2D eigenvalue weighted by atomic mass is 16.6. The summed E-state index contributed by atoms with van der Waals surface area (Å²) in [5.74, 6) is 0.107. The Bertz CT molecular complexity index is 1190. The molecule has 0 spiro atoms. The Morgan fingerprint density at radius 2 is 1.84 bits per heavy atom. The number of esters is 2. The van der Waals surface area contributed by atoms with Crippen LogP contribution in [0.5, 0.6) is 0 Å². The average molecular weight is 502 g/mol. The standard InChI is InChI=1S/C29H35N5O3/c1-3-25-27(20(2)11-15-31-25)29(36)37-28(35)24(30)18-21-7-9-23(10-8-21)34-16-12-22(13-17-34)19-33-26-6-4-5-14-32-26/h4-11,14-15,22,24H,3,12-13,16-19,30H2,1-2H3,(H,32,33)/t24-/m0/s1. The van der Waals surface area contributed by atoms with Crippen molar-refractivity contribution in [1.82, 2.24) is 9.97 Å². The van der Waals surface area contributed by atoms with Crippen molar-refractivity contribution < 1.29 is 14.3 Å². The highest BCUT2D eigenvalue weighted by Gasteiger charge is 2.24. The Kier molecular flexibility index (Phi) is 8.85. The van der Waals surface area contributed by atoms with E-state index in [4.69, 9.17) is 10.5 Å². The van der Waals surface area contributed by atoms with Gasteiger partial charge in [-0.1, -0.05) is 25.1 Å². The number of benzene rings is 1. The van der Waals surface area contributed by atoms with E-state index in [-0.39, 0.29) is 0 Å². The van der Waals surface area contributed by atoms with Gasteiger partial charge in [-0.15, -0.1) is 0 Å². The van der Waals surface area contributed by atoms with Crippen LogP contribution in [0.25, 0.3) is 0 Å². The summed E-state index contributed by atoms with van der Waals surface area (Å²) in [5, 5.41) is 3.43. The van der Waals surface area contributed by atoms with E-state index in [1.165, 1.54) is 0 Å². The zero-order chi connectivity index (χ0) is 26.2. The van der Waals surface area contributed by atoms with Gasteiger partial charge < -0.3 is 20.7 Å². The summed E-state index contributed by atoms with van der Waals surface area (Å²) in [5.41, 5.74) is 9.83. The van der Waals surface area contributed by atoms with Gasteiger partial charge in [0.15, 0.2) is 0 Å². The molecule has 0 bridgehead atoms. The molecule has 1 fully saturated rings. The van der Waals surface area contributed by atoms with Crippen LogP contribution in [0.3, 0.4) is 0 Å². The van der Waals surface area contributed by atoms with Crippen molar-refractivity contribution in [3.63, 3.8) is 0 Å². The van der Waals surface area contributed by atoms with Gasteiger partial charge >= 0.3 is 11.9 Å². The lowest BCUT2D eigenvalue weighted by atomic mass is 9.96. The van der Waals surface area contributed by atoms with Crippen molar-refractivity contribution in [1.29, 1.82) is 0 Å². The summed E-state index contributed by atoms with van der Waals surface area (Å²) in [4.78, 5) is 36.1. The number of carbonyl (C=O) groups is 2. The van der Waals surface area contributed by atoms with Crippen molar-refractivity contribution in [3.05, 3.63) is 83.3 Å². The number of ether oxygens (including phenoxy) is 1. The van der Waals surface area contributed by atoms with Crippen LogP contribution in [0, 0.1) is 12.8 Å². The number of nitrogens with two attached hydrogens (primary N) is 1. The Labute approximate surface area is 218 Å². The molecule has 0 saturated carbocycles. The number of aromatic nitrogens is 2. The zero-order valence-corrected chi connectivity index (χ0v) is 21.5. The summed E-state index contributed by atoms with van der Waals surface area (Å²) >= 11 is 0. The summed E-state index contributed by atoms with van der Waals surface area (Å²) in [6, 6.07) is 14.8. The minimum Gasteiger partial charge on any atom is -0.388 e. The van der Waals surface area contributed by atoms with Gasteiger partial charge in [-0.25, -0.2) is 14.6 Å². The van der Waals surface area contributed by atoms with Gasteiger partial charge in [0.05, 0.1) is 11.3 Å². The summed E-state index contributed by atoms with van der Waals surface area (Å²) in [6.45, 7) is 6.62. The number of piperidine rings is 1. The minimum atomic E-state index is -0.931. The second-order valence-electron chi connectivity index (χ2n) is 9.52. The molecular weight excluding hydrogens is 466 g/mol. The fraction of sp³-hybridized carbons (Fsp3) is 0.379. The fourth-order valence-corrected chi connectivity index (χ4v) is 4.67. The van der Waals surface area contributed by atoms with E-state index in [0.717, 1.165) is 55.1 Å². The maximum absolute atomic E-state index is 12.6. The van der Waals surface area contributed by atoms with Crippen molar-refractivity contribution >= 4 is 23.4 Å². The Balaban J connectivity index is 1.25. The molecule has 0 radical (unpaired) electrons. The van der Waals surface area contributed by atoms with Crippen LogP contribution >= 0.6 is 0 Å². The number of nitrogens with zero attached hydrogens (tertiary/aromatic N) is 3. The molecule has 194 valence electrons. The number of anilines is 2. The van der Waals surface area contributed by atoms with Gasteiger partial charge in [0.1, 0.15) is 11.9 Å². The highest BCUT2D eigenvalue weighted by Crippen LogP contribution is 2.24. The number of pyridine rings is 2. The van der Waals surface area contributed by atoms with Gasteiger partial charge in [-0.2, -0.15) is 0 Å². The normalized spacial score (nSPS) is 14.7. The molecule has 2 aromatic heterocycles. The first-order valence-corrected chi connectivity index (χ1v) is 12.9. The number of hydrogen-bond donors (Lipinski definition) is 2. The molecule has 3 N–H and O–H groups in total. The van der Waals surface area contributed by atoms with E-state index in [2.05, 4.69) is 32.3 Å². The van der Waals surface area contributed by atoms with Crippen LogP contribution in [0.1, 0.15) is 46.9 Å². The number of rotatable bonds is 9. The predicted molar refractivity (Wildman–Crippen MR) is 145 cm³/mol. The van der Waals surface area contributed by atoms with E-state index in [1.54, 1.807) is 25.4 Å². The van der Waals surface area contributed by atoms with Gasteiger partial charge in [0.25, 0.3) is 0 Å². The van der Waals surface area contributed by atoms with Crippen LogP contribution in [-0.2, 0) is 22.4 Å². The molecule has 0 aliphatic carbocycles. The summed E-state index contributed by atoms with van der Waals surface area (Å²) in [6.07, 6.45) is 6.53. The summed E-state index contributed by atoms with van der Waals surface area (Å²) in [7, 11) is 0. The van der Waals surface area contributed by atoms with Gasteiger partial charge in [0, 0.05) is 37.7 Å². The highest BCUT2D eigenvalue weighted by molar-refractivity contribution is 5.99. The Hall–Kier alpha value is -3.78. The molecular formula is C29H35N5O3.